The topological polar surface area (TPSA) is 82.7 Å². The number of benzene rings is 1. The number of amides is 2. The summed E-state index contributed by atoms with van der Waals surface area (Å²) in [5.41, 5.74) is 5.00. The summed E-state index contributed by atoms with van der Waals surface area (Å²) in [5.74, 6) is 0. The molecule has 0 unspecified atom stereocenters. The van der Waals surface area contributed by atoms with Crippen LogP contribution in [0.4, 0.5) is 10.5 Å². The van der Waals surface area contributed by atoms with E-state index in [1.807, 2.05) is 31.3 Å². The lowest BCUT2D eigenvalue weighted by molar-refractivity contribution is 0.247. The number of carbonyl (C=O) groups is 1. The molecule has 4 rings (SSSR count). The van der Waals surface area contributed by atoms with Crippen LogP contribution in [-0.4, -0.2) is 27.3 Å². The van der Waals surface area contributed by atoms with Gasteiger partial charge in [0.1, 0.15) is 0 Å². The van der Waals surface area contributed by atoms with E-state index in [1.54, 1.807) is 6.20 Å². The first kappa shape index (κ1) is 14.7. The third-order valence-corrected chi connectivity index (χ3v) is 4.45. The van der Waals surface area contributed by atoms with E-state index in [-0.39, 0.29) is 12.1 Å². The fraction of sp³-hybridized carbons (Fsp3) is 0.278. The van der Waals surface area contributed by atoms with Crippen molar-refractivity contribution in [2.45, 2.75) is 32.2 Å². The van der Waals surface area contributed by atoms with Gasteiger partial charge < -0.3 is 10.6 Å². The minimum Gasteiger partial charge on any atom is -0.335 e. The number of aromatic amines is 1. The molecule has 3 N–H and O–H groups in total. The highest BCUT2D eigenvalue weighted by molar-refractivity contribution is 6.00. The molecule has 0 saturated carbocycles. The molecule has 2 heterocycles. The number of fused-ring (bicyclic) bond motifs is 2. The monoisotopic (exact) mass is 321 g/mol. The molecular formula is C18H19N5O. The molecule has 0 spiro atoms. The summed E-state index contributed by atoms with van der Waals surface area (Å²) in [5, 5.41) is 14.1. The summed E-state index contributed by atoms with van der Waals surface area (Å²) >= 11 is 0. The highest BCUT2D eigenvalue weighted by Gasteiger charge is 2.21. The van der Waals surface area contributed by atoms with Crippen LogP contribution in [0.1, 0.15) is 23.2 Å². The zero-order valence-corrected chi connectivity index (χ0v) is 13.5. The van der Waals surface area contributed by atoms with Gasteiger partial charge in [0.2, 0.25) is 0 Å². The van der Waals surface area contributed by atoms with Gasteiger partial charge in [-0.1, -0.05) is 6.07 Å². The Balaban J connectivity index is 1.49. The number of anilines is 1. The first-order valence-corrected chi connectivity index (χ1v) is 8.13. The van der Waals surface area contributed by atoms with Crippen molar-refractivity contribution in [3.8, 4) is 0 Å². The van der Waals surface area contributed by atoms with E-state index >= 15 is 0 Å². The molecule has 1 aliphatic carbocycles. The van der Waals surface area contributed by atoms with Crippen molar-refractivity contribution >= 4 is 22.6 Å². The largest absolute Gasteiger partial charge is 0.335 e. The number of urea groups is 1. The molecule has 1 aliphatic rings. The third-order valence-electron chi connectivity index (χ3n) is 4.45. The SMILES string of the molecule is Cc1cc(NC(=O)N[C@H]2CCc3[nH]ncc3C2)c2ncccc2c1. The van der Waals surface area contributed by atoms with E-state index in [0.717, 1.165) is 41.4 Å². The second-order valence-electron chi connectivity index (χ2n) is 6.30. The first-order chi connectivity index (χ1) is 11.7. The number of aryl methyl sites for hydroxylation is 2. The standard InChI is InChI=1S/C18H19N5O/c1-11-7-12-3-2-6-19-17(12)16(8-11)22-18(24)21-14-4-5-15-13(9-14)10-20-23-15/h2-3,6-8,10,14H,4-5,9H2,1H3,(H,20,23)(H2,21,22,24)/t14-/m0/s1. The molecule has 2 amide bonds. The van der Waals surface area contributed by atoms with E-state index in [9.17, 15) is 4.79 Å². The number of aromatic nitrogens is 3. The van der Waals surface area contributed by atoms with Crippen molar-refractivity contribution in [2.24, 2.45) is 0 Å². The average molecular weight is 321 g/mol. The molecule has 3 aromatic rings. The summed E-state index contributed by atoms with van der Waals surface area (Å²) in [7, 11) is 0. The molecule has 24 heavy (non-hydrogen) atoms. The van der Waals surface area contributed by atoms with E-state index in [1.165, 1.54) is 11.3 Å². The molecule has 0 saturated heterocycles. The summed E-state index contributed by atoms with van der Waals surface area (Å²) in [6, 6.07) is 7.84. The lowest BCUT2D eigenvalue weighted by atomic mass is 9.94. The number of hydrogen-bond acceptors (Lipinski definition) is 3. The Morgan fingerprint density at radius 3 is 3.21 bits per heavy atom. The number of carbonyl (C=O) groups excluding carboxylic acids is 1. The predicted molar refractivity (Wildman–Crippen MR) is 93.0 cm³/mol. The maximum absolute atomic E-state index is 12.4. The number of pyridine rings is 1. The van der Waals surface area contributed by atoms with Crippen molar-refractivity contribution in [1.82, 2.24) is 20.5 Å². The number of nitrogens with one attached hydrogen (secondary N) is 3. The van der Waals surface area contributed by atoms with E-state index < -0.39 is 0 Å². The third kappa shape index (κ3) is 2.82. The smallest absolute Gasteiger partial charge is 0.319 e. The highest BCUT2D eigenvalue weighted by atomic mass is 16.2. The number of H-pyrrole nitrogens is 1. The van der Waals surface area contributed by atoms with Crippen LogP contribution in [0.2, 0.25) is 0 Å². The maximum Gasteiger partial charge on any atom is 0.319 e. The molecule has 2 aromatic heterocycles. The van der Waals surface area contributed by atoms with Gasteiger partial charge in [-0.2, -0.15) is 5.10 Å². The summed E-state index contributed by atoms with van der Waals surface area (Å²) < 4.78 is 0. The van der Waals surface area contributed by atoms with Gasteiger partial charge in [0, 0.05) is 23.3 Å². The first-order valence-electron chi connectivity index (χ1n) is 8.13. The van der Waals surface area contributed by atoms with Crippen LogP contribution < -0.4 is 10.6 Å². The van der Waals surface area contributed by atoms with Crippen molar-refractivity contribution < 1.29 is 4.79 Å². The maximum atomic E-state index is 12.4. The quantitative estimate of drug-likeness (QED) is 0.678. The van der Waals surface area contributed by atoms with Crippen LogP contribution in [0.15, 0.2) is 36.7 Å². The molecule has 6 nitrogen and oxygen atoms in total. The lowest BCUT2D eigenvalue weighted by Crippen LogP contribution is -2.41. The van der Waals surface area contributed by atoms with E-state index in [0.29, 0.717) is 0 Å². The van der Waals surface area contributed by atoms with Gasteiger partial charge in [-0.15, -0.1) is 0 Å². The molecule has 0 radical (unpaired) electrons. The van der Waals surface area contributed by atoms with Crippen molar-refractivity contribution in [3.63, 3.8) is 0 Å². The zero-order chi connectivity index (χ0) is 16.5. The Kier molecular flexibility index (Phi) is 3.65. The fourth-order valence-corrected chi connectivity index (χ4v) is 3.32. The van der Waals surface area contributed by atoms with Crippen molar-refractivity contribution in [2.75, 3.05) is 5.32 Å². The number of nitrogens with zero attached hydrogens (tertiary/aromatic N) is 2. The van der Waals surface area contributed by atoms with Gasteiger partial charge in [0.15, 0.2) is 0 Å². The lowest BCUT2D eigenvalue weighted by Gasteiger charge is -2.23. The van der Waals surface area contributed by atoms with Gasteiger partial charge >= 0.3 is 6.03 Å². The van der Waals surface area contributed by atoms with Crippen LogP contribution in [0.5, 0.6) is 0 Å². The zero-order valence-electron chi connectivity index (χ0n) is 13.5. The molecule has 1 aromatic carbocycles. The second-order valence-corrected chi connectivity index (χ2v) is 6.30. The number of rotatable bonds is 2. The summed E-state index contributed by atoms with van der Waals surface area (Å²) in [6.07, 6.45) is 6.22. The van der Waals surface area contributed by atoms with Gasteiger partial charge in [0.25, 0.3) is 0 Å². The Bertz CT molecular complexity index is 901. The van der Waals surface area contributed by atoms with Gasteiger partial charge in [-0.05, 0) is 55.5 Å². The highest BCUT2D eigenvalue weighted by Crippen LogP contribution is 2.23. The normalized spacial score (nSPS) is 16.6. The van der Waals surface area contributed by atoms with Crippen LogP contribution in [-0.2, 0) is 12.8 Å². The minimum absolute atomic E-state index is 0.124. The fourth-order valence-electron chi connectivity index (χ4n) is 3.32. The Hall–Kier alpha value is -2.89. The average Bonchev–Trinajstić information content (AvgIpc) is 3.02. The second kappa shape index (κ2) is 5.96. The molecule has 122 valence electrons. The molecule has 0 fully saturated rings. The summed E-state index contributed by atoms with van der Waals surface area (Å²) in [4.78, 5) is 16.8. The van der Waals surface area contributed by atoms with Crippen molar-refractivity contribution in [1.29, 1.82) is 0 Å². The van der Waals surface area contributed by atoms with Gasteiger partial charge in [-0.25, -0.2) is 4.79 Å². The Morgan fingerprint density at radius 2 is 2.29 bits per heavy atom. The van der Waals surface area contributed by atoms with Crippen LogP contribution in [0.3, 0.4) is 0 Å². The molecule has 0 aliphatic heterocycles. The molecular weight excluding hydrogens is 302 g/mol. The molecule has 0 bridgehead atoms. The van der Waals surface area contributed by atoms with E-state index in [2.05, 4.69) is 31.9 Å². The molecule has 6 heteroatoms. The van der Waals surface area contributed by atoms with Crippen LogP contribution >= 0.6 is 0 Å². The molecule has 1 atom stereocenters. The minimum atomic E-state index is -0.190. The summed E-state index contributed by atoms with van der Waals surface area (Å²) in [6.45, 7) is 2.01. The number of hydrogen-bond donors (Lipinski definition) is 3. The van der Waals surface area contributed by atoms with Gasteiger partial charge in [-0.3, -0.25) is 10.1 Å². The predicted octanol–water partition coefficient (Wildman–Crippen LogP) is 2.95. The van der Waals surface area contributed by atoms with Gasteiger partial charge in [0.05, 0.1) is 17.4 Å². The van der Waals surface area contributed by atoms with Crippen LogP contribution in [0, 0.1) is 6.92 Å². The van der Waals surface area contributed by atoms with E-state index in [4.69, 9.17) is 0 Å². The van der Waals surface area contributed by atoms with Crippen molar-refractivity contribution in [3.05, 3.63) is 53.5 Å². The van der Waals surface area contributed by atoms with Crippen LogP contribution in [0.25, 0.3) is 10.9 Å². The Morgan fingerprint density at radius 1 is 1.38 bits per heavy atom. The Labute approximate surface area is 139 Å².